The van der Waals surface area contributed by atoms with Gasteiger partial charge in [-0.2, -0.15) is 5.26 Å². The number of aryl methyl sites for hydroxylation is 1. The zero-order valence-corrected chi connectivity index (χ0v) is 13.4. The zero-order valence-electron chi connectivity index (χ0n) is 12.6. The maximum atomic E-state index is 11.6. The van der Waals surface area contributed by atoms with Crippen LogP contribution in [0.2, 0.25) is 0 Å². The minimum absolute atomic E-state index is 0.238. The van der Waals surface area contributed by atoms with Crippen molar-refractivity contribution in [3.8, 4) is 6.07 Å². The molecule has 1 aromatic carbocycles. The van der Waals surface area contributed by atoms with E-state index in [1.54, 1.807) is 11.3 Å². The lowest BCUT2D eigenvalue weighted by molar-refractivity contribution is -0.148. The quantitative estimate of drug-likeness (QED) is 0.591. The van der Waals surface area contributed by atoms with Gasteiger partial charge in [-0.3, -0.25) is 9.59 Å². The summed E-state index contributed by atoms with van der Waals surface area (Å²) < 4.78 is 6.02. The van der Waals surface area contributed by atoms with Crippen molar-refractivity contribution < 1.29 is 14.3 Å². The monoisotopic (exact) mass is 331 g/mol. The molecule has 0 fully saturated rings. The summed E-state index contributed by atoms with van der Waals surface area (Å²) in [5.74, 6) is -0.790. The fourth-order valence-corrected chi connectivity index (χ4v) is 2.95. The minimum Gasteiger partial charge on any atom is -0.456 e. The number of carbonyl (C=O) groups excluding carboxylic acids is 2. The van der Waals surface area contributed by atoms with Gasteiger partial charge in [-0.05, 0) is 25.0 Å². The number of para-hydroxylation sites is 1. The molecule has 0 radical (unpaired) electrons. The van der Waals surface area contributed by atoms with Gasteiger partial charge in [0, 0.05) is 13.0 Å². The van der Waals surface area contributed by atoms with Crippen molar-refractivity contribution in [2.24, 2.45) is 0 Å². The number of hydrogen-bond donors (Lipinski definition) is 1. The molecule has 0 aliphatic carbocycles. The lowest BCUT2D eigenvalue weighted by atomic mass is 10.2. The molecule has 1 heterocycles. The summed E-state index contributed by atoms with van der Waals surface area (Å²) in [6.07, 6.45) is 1.83. The molecule has 0 unspecified atom stereocenters. The molecule has 1 amide bonds. The van der Waals surface area contributed by atoms with Gasteiger partial charge in [-0.15, -0.1) is 11.3 Å². The summed E-state index contributed by atoms with van der Waals surface area (Å²) in [7, 11) is 0. The van der Waals surface area contributed by atoms with Crippen molar-refractivity contribution in [2.75, 3.05) is 13.2 Å². The highest BCUT2D eigenvalue weighted by Gasteiger charge is 2.08. The Kier molecular flexibility index (Phi) is 6.51. The summed E-state index contributed by atoms with van der Waals surface area (Å²) in [5.41, 5.74) is 0.976. The first kappa shape index (κ1) is 16.9. The van der Waals surface area contributed by atoms with Crippen LogP contribution in [-0.4, -0.2) is 30.0 Å². The van der Waals surface area contributed by atoms with E-state index in [0.29, 0.717) is 12.8 Å². The van der Waals surface area contributed by atoms with Crippen LogP contribution in [0.4, 0.5) is 0 Å². The second-order valence-electron chi connectivity index (χ2n) is 4.85. The second-order valence-corrected chi connectivity index (χ2v) is 5.96. The van der Waals surface area contributed by atoms with Crippen LogP contribution in [0.25, 0.3) is 10.2 Å². The van der Waals surface area contributed by atoms with E-state index in [2.05, 4.69) is 10.3 Å². The Morgan fingerprint density at radius 1 is 1.35 bits per heavy atom. The smallest absolute Gasteiger partial charge is 0.306 e. The fourth-order valence-electron chi connectivity index (χ4n) is 1.94. The summed E-state index contributed by atoms with van der Waals surface area (Å²) in [6.45, 7) is -0.0319. The number of ether oxygens (including phenoxy) is 1. The predicted molar refractivity (Wildman–Crippen MR) is 86.8 cm³/mol. The first-order valence-electron chi connectivity index (χ1n) is 7.33. The van der Waals surface area contributed by atoms with Crippen LogP contribution in [0.5, 0.6) is 0 Å². The number of amides is 1. The van der Waals surface area contributed by atoms with Crippen LogP contribution in [-0.2, 0) is 20.7 Å². The van der Waals surface area contributed by atoms with E-state index in [0.717, 1.165) is 15.2 Å². The lowest BCUT2D eigenvalue weighted by Crippen LogP contribution is -2.29. The highest BCUT2D eigenvalue weighted by atomic mass is 32.1. The van der Waals surface area contributed by atoms with Gasteiger partial charge in [0.2, 0.25) is 0 Å². The molecule has 2 rings (SSSR count). The van der Waals surface area contributed by atoms with Gasteiger partial charge in [-0.1, -0.05) is 12.1 Å². The molecule has 1 aromatic heterocycles. The second kappa shape index (κ2) is 8.86. The number of fused-ring (bicyclic) bond motifs is 1. The number of nitriles is 1. The Labute approximate surface area is 138 Å². The maximum absolute atomic E-state index is 11.6. The highest BCUT2D eigenvalue weighted by Crippen LogP contribution is 2.22. The van der Waals surface area contributed by atoms with E-state index in [9.17, 15) is 9.59 Å². The van der Waals surface area contributed by atoms with Gasteiger partial charge in [0.05, 0.1) is 27.7 Å². The third-order valence-electron chi connectivity index (χ3n) is 3.03. The Morgan fingerprint density at radius 3 is 2.96 bits per heavy atom. The van der Waals surface area contributed by atoms with Crippen molar-refractivity contribution in [3.05, 3.63) is 29.3 Å². The number of aromatic nitrogens is 1. The van der Waals surface area contributed by atoms with Crippen molar-refractivity contribution in [3.63, 3.8) is 0 Å². The molecule has 7 heteroatoms. The molecular formula is C16H17N3O3S. The van der Waals surface area contributed by atoms with Crippen LogP contribution in [0, 0.1) is 11.3 Å². The minimum atomic E-state index is -0.401. The number of hydrogen-bond acceptors (Lipinski definition) is 6. The van der Waals surface area contributed by atoms with E-state index in [1.807, 2.05) is 30.3 Å². The van der Waals surface area contributed by atoms with E-state index >= 15 is 0 Å². The molecule has 1 N–H and O–H groups in total. The standard InChI is InChI=1S/C16H17N3O3S/c17-9-4-10-18-14(20)11-22-16(21)8-3-7-15-19-12-5-1-2-6-13(12)23-15/h1-2,5-6H,3-4,7-8,10-11H2,(H,18,20). The largest absolute Gasteiger partial charge is 0.456 e. The molecule has 0 spiro atoms. The van der Waals surface area contributed by atoms with Crippen LogP contribution in [0.1, 0.15) is 24.3 Å². The number of nitrogens with one attached hydrogen (secondary N) is 1. The SMILES string of the molecule is N#CCCNC(=O)COC(=O)CCCc1nc2ccccc2s1. The van der Waals surface area contributed by atoms with Gasteiger partial charge in [0.1, 0.15) is 0 Å². The Bertz CT molecular complexity index is 688. The Hall–Kier alpha value is -2.46. The number of rotatable bonds is 8. The van der Waals surface area contributed by atoms with Crippen molar-refractivity contribution in [1.82, 2.24) is 10.3 Å². The molecule has 2 aromatic rings. The summed E-state index contributed by atoms with van der Waals surface area (Å²) in [6, 6.07) is 9.83. The Balaban J connectivity index is 1.64. The summed E-state index contributed by atoms with van der Waals surface area (Å²) >= 11 is 1.62. The number of nitrogens with zero attached hydrogens (tertiary/aromatic N) is 2. The lowest BCUT2D eigenvalue weighted by Gasteiger charge is -2.04. The molecule has 0 atom stereocenters. The third kappa shape index (κ3) is 5.68. The van der Waals surface area contributed by atoms with Gasteiger partial charge in [0.25, 0.3) is 5.91 Å². The summed E-state index contributed by atoms with van der Waals surface area (Å²) in [5, 5.41) is 11.8. The maximum Gasteiger partial charge on any atom is 0.306 e. The molecule has 0 saturated heterocycles. The molecule has 0 saturated carbocycles. The number of carbonyl (C=O) groups is 2. The molecular weight excluding hydrogens is 314 g/mol. The molecule has 0 aliphatic rings. The van der Waals surface area contributed by atoms with Crippen LogP contribution >= 0.6 is 11.3 Å². The molecule has 120 valence electrons. The molecule has 0 bridgehead atoms. The van der Waals surface area contributed by atoms with Gasteiger partial charge in [-0.25, -0.2) is 4.98 Å². The molecule has 23 heavy (non-hydrogen) atoms. The highest BCUT2D eigenvalue weighted by molar-refractivity contribution is 7.18. The first-order valence-corrected chi connectivity index (χ1v) is 8.14. The van der Waals surface area contributed by atoms with Crippen molar-refractivity contribution in [2.45, 2.75) is 25.7 Å². The molecule has 6 nitrogen and oxygen atoms in total. The molecule has 0 aliphatic heterocycles. The van der Waals surface area contributed by atoms with Gasteiger partial charge >= 0.3 is 5.97 Å². The Morgan fingerprint density at radius 2 is 2.17 bits per heavy atom. The zero-order chi connectivity index (χ0) is 16.5. The van der Waals surface area contributed by atoms with E-state index in [4.69, 9.17) is 10.00 Å². The first-order chi connectivity index (χ1) is 11.2. The van der Waals surface area contributed by atoms with Crippen molar-refractivity contribution in [1.29, 1.82) is 5.26 Å². The number of esters is 1. The fraction of sp³-hybridized carbons (Fsp3) is 0.375. The normalized spacial score (nSPS) is 10.2. The number of thiazole rings is 1. The van der Waals surface area contributed by atoms with Gasteiger partial charge in [0.15, 0.2) is 6.61 Å². The summed E-state index contributed by atoms with van der Waals surface area (Å²) in [4.78, 5) is 27.4. The van der Waals surface area contributed by atoms with Crippen LogP contribution in [0.3, 0.4) is 0 Å². The predicted octanol–water partition coefficient (Wildman–Crippen LogP) is 2.19. The third-order valence-corrected chi connectivity index (χ3v) is 4.13. The van der Waals surface area contributed by atoms with E-state index in [1.165, 1.54) is 0 Å². The van der Waals surface area contributed by atoms with Crippen LogP contribution in [0.15, 0.2) is 24.3 Å². The van der Waals surface area contributed by atoms with Crippen LogP contribution < -0.4 is 5.32 Å². The van der Waals surface area contributed by atoms with Crippen molar-refractivity contribution >= 4 is 33.4 Å². The van der Waals surface area contributed by atoms with Gasteiger partial charge < -0.3 is 10.1 Å². The topological polar surface area (TPSA) is 92.1 Å². The number of benzene rings is 1. The average molecular weight is 331 g/mol. The average Bonchev–Trinajstić information content (AvgIpc) is 2.96. The van der Waals surface area contributed by atoms with E-state index < -0.39 is 5.97 Å². The van der Waals surface area contributed by atoms with E-state index in [-0.39, 0.29) is 31.9 Å².